The molecule has 0 saturated heterocycles. The number of hydrogen-bond acceptors (Lipinski definition) is 6. The van der Waals surface area contributed by atoms with Crippen LogP contribution in [-0.4, -0.2) is 45.8 Å². The summed E-state index contributed by atoms with van der Waals surface area (Å²) in [6.45, 7) is 2.13. The zero-order valence-electron chi connectivity index (χ0n) is 17.0. The number of amidine groups is 1. The molecule has 2 bridgehead atoms. The van der Waals surface area contributed by atoms with Gasteiger partial charge in [0.1, 0.15) is 5.84 Å². The Morgan fingerprint density at radius 1 is 1.14 bits per heavy atom. The van der Waals surface area contributed by atoms with Crippen molar-refractivity contribution in [2.24, 2.45) is 15.9 Å². The molecule has 0 aromatic carbocycles. The van der Waals surface area contributed by atoms with Crippen LogP contribution in [0, 0.1) is 5.92 Å². The number of anilines is 1. The fourth-order valence-corrected chi connectivity index (χ4v) is 4.44. The number of hydrogen-bond donors (Lipinski definition) is 2. The van der Waals surface area contributed by atoms with E-state index in [1.165, 1.54) is 18.4 Å². The molecule has 2 aliphatic heterocycles. The zero-order chi connectivity index (χ0) is 19.8. The van der Waals surface area contributed by atoms with Crippen LogP contribution in [-0.2, 0) is 0 Å². The monoisotopic (exact) mass is 389 g/mol. The molecule has 1 fully saturated rings. The third-order valence-corrected chi connectivity index (χ3v) is 6.33. The number of aromatic nitrogens is 3. The number of nitrogens with zero attached hydrogens (tertiary/aromatic N) is 5. The first-order valence-electron chi connectivity index (χ1n) is 10.5. The van der Waals surface area contributed by atoms with Crippen LogP contribution < -0.4 is 10.6 Å². The highest BCUT2D eigenvalue weighted by molar-refractivity contribution is 6.16. The zero-order valence-corrected chi connectivity index (χ0v) is 17.0. The van der Waals surface area contributed by atoms with Crippen molar-refractivity contribution < 1.29 is 0 Å². The minimum atomic E-state index is 0.351. The molecular formula is C22H27N7. The SMILES string of the molecule is CNC1CCC(Nc2ncc3c(C4=CC5CC(=NC=C5C)N=C4)ccn3n2)CC1. The Morgan fingerprint density at radius 3 is 2.79 bits per heavy atom. The van der Waals surface area contributed by atoms with Crippen LogP contribution in [0.15, 0.2) is 46.3 Å². The molecule has 4 heterocycles. The van der Waals surface area contributed by atoms with E-state index >= 15 is 0 Å². The Kier molecular flexibility index (Phi) is 4.75. The van der Waals surface area contributed by atoms with Crippen LogP contribution in [0.1, 0.15) is 44.6 Å². The van der Waals surface area contributed by atoms with Crippen molar-refractivity contribution in [1.82, 2.24) is 19.9 Å². The van der Waals surface area contributed by atoms with E-state index in [-0.39, 0.29) is 0 Å². The lowest BCUT2D eigenvalue weighted by atomic mass is 9.91. The smallest absolute Gasteiger partial charge is 0.241 e. The molecule has 2 N–H and O–H groups in total. The molecule has 29 heavy (non-hydrogen) atoms. The number of allylic oxidation sites excluding steroid dienone is 3. The maximum absolute atomic E-state index is 4.70. The fourth-order valence-electron chi connectivity index (χ4n) is 4.44. The molecule has 0 amide bonds. The highest BCUT2D eigenvalue weighted by Crippen LogP contribution is 2.30. The Labute approximate surface area is 170 Å². The minimum Gasteiger partial charge on any atom is -0.350 e. The van der Waals surface area contributed by atoms with Crippen molar-refractivity contribution in [3.8, 4) is 0 Å². The molecule has 150 valence electrons. The first-order valence-corrected chi connectivity index (χ1v) is 10.5. The standard InChI is InChI=1S/C22H27N7/c1-14-11-24-21-10-15(14)9-16(12-25-21)19-7-8-29-20(19)13-26-22(28-29)27-18-5-3-17(23-2)4-6-18/h7-9,11-13,15,17-18,23H,3-6,10H2,1-2H3,(H,27,28). The maximum atomic E-state index is 4.70. The van der Waals surface area contributed by atoms with Crippen LogP contribution in [0.4, 0.5) is 5.95 Å². The molecule has 2 aromatic rings. The number of rotatable bonds is 4. The van der Waals surface area contributed by atoms with Crippen molar-refractivity contribution in [3.05, 3.63) is 41.9 Å². The molecular weight excluding hydrogens is 362 g/mol. The van der Waals surface area contributed by atoms with Gasteiger partial charge in [-0.25, -0.2) is 19.5 Å². The Bertz CT molecular complexity index is 1030. The van der Waals surface area contributed by atoms with Crippen molar-refractivity contribution in [2.45, 2.75) is 51.1 Å². The third-order valence-electron chi connectivity index (χ3n) is 6.33. The molecule has 7 heteroatoms. The van der Waals surface area contributed by atoms with Crippen molar-refractivity contribution in [1.29, 1.82) is 0 Å². The molecule has 1 unspecified atom stereocenters. The van der Waals surface area contributed by atoms with Gasteiger partial charge in [0.2, 0.25) is 5.95 Å². The summed E-state index contributed by atoms with van der Waals surface area (Å²) in [6, 6.07) is 3.18. The molecule has 5 rings (SSSR count). The largest absolute Gasteiger partial charge is 0.350 e. The Hall–Kier alpha value is -2.80. The van der Waals surface area contributed by atoms with Crippen molar-refractivity contribution in [2.75, 3.05) is 12.4 Å². The summed E-state index contributed by atoms with van der Waals surface area (Å²) >= 11 is 0. The topological polar surface area (TPSA) is 79.0 Å². The van der Waals surface area contributed by atoms with Gasteiger partial charge in [-0.1, -0.05) is 6.08 Å². The van der Waals surface area contributed by atoms with Crippen LogP contribution in [0.25, 0.3) is 11.1 Å². The van der Waals surface area contributed by atoms with Gasteiger partial charge in [0, 0.05) is 48.6 Å². The summed E-state index contributed by atoms with van der Waals surface area (Å²) in [5.74, 6) is 1.94. The van der Waals surface area contributed by atoms with Crippen LogP contribution in [0.2, 0.25) is 0 Å². The summed E-state index contributed by atoms with van der Waals surface area (Å²) in [4.78, 5) is 13.6. The van der Waals surface area contributed by atoms with E-state index in [0.29, 0.717) is 23.9 Å². The van der Waals surface area contributed by atoms with Gasteiger partial charge in [-0.15, -0.1) is 5.10 Å². The molecule has 2 aromatic heterocycles. The van der Waals surface area contributed by atoms with Gasteiger partial charge in [0.15, 0.2) is 0 Å². The lowest BCUT2D eigenvalue weighted by Gasteiger charge is -2.28. The predicted octanol–water partition coefficient (Wildman–Crippen LogP) is 3.46. The van der Waals surface area contributed by atoms with E-state index < -0.39 is 0 Å². The van der Waals surface area contributed by atoms with Crippen molar-refractivity contribution in [3.63, 3.8) is 0 Å². The lowest BCUT2D eigenvalue weighted by molar-refractivity contribution is 0.370. The first kappa shape index (κ1) is 18.2. The lowest BCUT2D eigenvalue weighted by Crippen LogP contribution is -2.35. The van der Waals surface area contributed by atoms with Gasteiger partial charge in [-0.05, 0) is 56.9 Å². The molecule has 7 nitrogen and oxygen atoms in total. The fraction of sp³-hybridized carbons (Fsp3) is 0.455. The number of fused-ring (bicyclic) bond motifs is 3. The summed E-state index contributed by atoms with van der Waals surface area (Å²) < 4.78 is 1.91. The van der Waals surface area contributed by atoms with Crippen molar-refractivity contribution >= 4 is 29.1 Å². The Balaban J connectivity index is 1.38. The van der Waals surface area contributed by atoms with Crippen LogP contribution in [0.5, 0.6) is 0 Å². The highest BCUT2D eigenvalue weighted by atomic mass is 15.3. The van der Waals surface area contributed by atoms with E-state index in [0.717, 1.165) is 41.8 Å². The summed E-state index contributed by atoms with van der Waals surface area (Å²) in [5.41, 5.74) is 4.48. The van der Waals surface area contributed by atoms with Gasteiger partial charge in [-0.3, -0.25) is 0 Å². The summed E-state index contributed by atoms with van der Waals surface area (Å²) in [5, 5.41) is 11.6. The number of aliphatic imine (C=N–C) groups is 2. The van der Waals surface area contributed by atoms with Gasteiger partial charge >= 0.3 is 0 Å². The molecule has 1 saturated carbocycles. The second-order valence-electron chi connectivity index (χ2n) is 8.23. The second kappa shape index (κ2) is 7.55. The molecule has 1 atom stereocenters. The number of nitrogens with one attached hydrogen (secondary N) is 2. The van der Waals surface area contributed by atoms with Crippen LogP contribution >= 0.6 is 0 Å². The summed E-state index contributed by atoms with van der Waals surface area (Å²) in [7, 11) is 2.05. The third kappa shape index (κ3) is 3.62. The average Bonchev–Trinajstić information content (AvgIpc) is 3.07. The van der Waals surface area contributed by atoms with E-state index in [2.05, 4.69) is 44.7 Å². The normalized spacial score (nSPS) is 26.6. The Morgan fingerprint density at radius 2 is 1.97 bits per heavy atom. The van der Waals surface area contributed by atoms with Gasteiger partial charge < -0.3 is 10.6 Å². The van der Waals surface area contributed by atoms with E-state index in [1.807, 2.05) is 36.4 Å². The summed E-state index contributed by atoms with van der Waals surface area (Å²) in [6.07, 6.45) is 15.6. The van der Waals surface area contributed by atoms with E-state index in [9.17, 15) is 0 Å². The predicted molar refractivity (Wildman–Crippen MR) is 117 cm³/mol. The maximum Gasteiger partial charge on any atom is 0.241 e. The molecule has 0 spiro atoms. The van der Waals surface area contributed by atoms with Crippen LogP contribution in [0.3, 0.4) is 0 Å². The molecule has 1 aliphatic carbocycles. The highest BCUT2D eigenvalue weighted by Gasteiger charge is 2.22. The first-order chi connectivity index (χ1) is 14.2. The molecule has 0 radical (unpaired) electrons. The molecule has 3 aliphatic rings. The minimum absolute atomic E-state index is 0.351. The average molecular weight is 390 g/mol. The van der Waals surface area contributed by atoms with E-state index in [4.69, 9.17) is 5.10 Å². The van der Waals surface area contributed by atoms with Gasteiger partial charge in [0.25, 0.3) is 0 Å². The van der Waals surface area contributed by atoms with Gasteiger partial charge in [0.05, 0.1) is 11.7 Å². The second-order valence-corrected chi connectivity index (χ2v) is 8.23. The van der Waals surface area contributed by atoms with E-state index in [1.54, 1.807) is 0 Å². The van der Waals surface area contributed by atoms with Gasteiger partial charge in [-0.2, -0.15) is 0 Å². The quantitative estimate of drug-likeness (QED) is 0.839.